The van der Waals surface area contributed by atoms with Crippen LogP contribution in [0.5, 0.6) is 0 Å². The standard InChI is InChI=1S/C19H20N2O3S/c1-14-7-9-16(10-8-14)18-12-21(15(2)13-24-18)25(22,23)19-6-4-3-5-17(19)11-20/h3-10,15,18H,12-13H2,1-2H3. The van der Waals surface area contributed by atoms with Gasteiger partial charge in [0.15, 0.2) is 0 Å². The number of hydrogen-bond donors (Lipinski definition) is 0. The fourth-order valence-corrected chi connectivity index (χ4v) is 4.72. The van der Waals surface area contributed by atoms with Crippen molar-refractivity contribution < 1.29 is 13.2 Å². The van der Waals surface area contributed by atoms with Gasteiger partial charge < -0.3 is 4.74 Å². The SMILES string of the molecule is Cc1ccc(C2CN(S(=O)(=O)c3ccccc3C#N)C(C)CO2)cc1. The molecule has 1 fully saturated rings. The molecule has 3 rings (SSSR count). The van der Waals surface area contributed by atoms with Crippen LogP contribution in [0.3, 0.4) is 0 Å². The highest BCUT2D eigenvalue weighted by Gasteiger charge is 2.37. The smallest absolute Gasteiger partial charge is 0.244 e. The quantitative estimate of drug-likeness (QED) is 0.848. The van der Waals surface area contributed by atoms with Gasteiger partial charge in [0, 0.05) is 12.6 Å². The van der Waals surface area contributed by atoms with Gasteiger partial charge in [0.25, 0.3) is 0 Å². The first-order chi connectivity index (χ1) is 11.9. The topological polar surface area (TPSA) is 70.4 Å². The van der Waals surface area contributed by atoms with E-state index < -0.39 is 10.0 Å². The van der Waals surface area contributed by atoms with Gasteiger partial charge >= 0.3 is 0 Å². The molecule has 0 saturated carbocycles. The number of morpholine rings is 1. The summed E-state index contributed by atoms with van der Waals surface area (Å²) in [5.74, 6) is 0. The van der Waals surface area contributed by atoms with Crippen LogP contribution in [0.15, 0.2) is 53.4 Å². The summed E-state index contributed by atoms with van der Waals surface area (Å²) in [6.07, 6.45) is -0.319. The maximum absolute atomic E-state index is 13.1. The summed E-state index contributed by atoms with van der Waals surface area (Å²) >= 11 is 0. The number of rotatable bonds is 3. The Hall–Kier alpha value is -2.20. The van der Waals surface area contributed by atoms with Gasteiger partial charge in [0.2, 0.25) is 10.0 Å². The molecule has 1 aliphatic rings. The molecule has 5 nitrogen and oxygen atoms in total. The highest BCUT2D eigenvalue weighted by Crippen LogP contribution is 2.30. The first kappa shape index (κ1) is 17.6. The monoisotopic (exact) mass is 356 g/mol. The lowest BCUT2D eigenvalue weighted by molar-refractivity contribution is -0.0288. The van der Waals surface area contributed by atoms with Crippen molar-refractivity contribution in [3.8, 4) is 6.07 Å². The van der Waals surface area contributed by atoms with Gasteiger partial charge in [-0.05, 0) is 31.5 Å². The Morgan fingerprint density at radius 1 is 1.16 bits per heavy atom. The molecule has 2 aromatic carbocycles. The molecule has 2 unspecified atom stereocenters. The number of benzene rings is 2. The Kier molecular flexibility index (Phi) is 4.91. The van der Waals surface area contributed by atoms with Crippen LogP contribution in [0, 0.1) is 18.3 Å². The van der Waals surface area contributed by atoms with Crippen molar-refractivity contribution in [3.63, 3.8) is 0 Å². The van der Waals surface area contributed by atoms with Gasteiger partial charge in [-0.25, -0.2) is 8.42 Å². The van der Waals surface area contributed by atoms with E-state index in [4.69, 9.17) is 4.74 Å². The van der Waals surface area contributed by atoms with Crippen LogP contribution < -0.4 is 0 Å². The first-order valence-corrected chi connectivity index (χ1v) is 9.56. The van der Waals surface area contributed by atoms with Crippen LogP contribution in [0.1, 0.15) is 29.7 Å². The fourth-order valence-electron chi connectivity index (χ4n) is 2.96. The van der Waals surface area contributed by atoms with Crippen molar-refractivity contribution in [2.24, 2.45) is 0 Å². The summed E-state index contributed by atoms with van der Waals surface area (Å²) in [7, 11) is -3.77. The minimum absolute atomic E-state index is 0.0499. The molecule has 0 aliphatic carbocycles. The van der Waals surface area contributed by atoms with E-state index >= 15 is 0 Å². The molecule has 130 valence electrons. The molecular formula is C19H20N2O3S. The Morgan fingerprint density at radius 2 is 1.84 bits per heavy atom. The normalized spacial score (nSPS) is 21.6. The van der Waals surface area contributed by atoms with Crippen molar-refractivity contribution >= 4 is 10.0 Å². The number of sulfonamides is 1. The van der Waals surface area contributed by atoms with Gasteiger partial charge in [0.05, 0.1) is 23.2 Å². The third-order valence-corrected chi connectivity index (χ3v) is 6.46. The van der Waals surface area contributed by atoms with E-state index in [1.807, 2.05) is 44.2 Å². The number of ether oxygens (including phenoxy) is 1. The molecule has 6 heteroatoms. The van der Waals surface area contributed by atoms with Gasteiger partial charge in [-0.1, -0.05) is 42.0 Å². The third-order valence-electron chi connectivity index (χ3n) is 4.42. The van der Waals surface area contributed by atoms with Crippen LogP contribution >= 0.6 is 0 Å². The van der Waals surface area contributed by atoms with Crippen LogP contribution in [0.2, 0.25) is 0 Å². The fraction of sp³-hybridized carbons (Fsp3) is 0.316. The Labute approximate surface area is 148 Å². The second-order valence-corrected chi connectivity index (χ2v) is 8.12. The Morgan fingerprint density at radius 3 is 2.52 bits per heavy atom. The first-order valence-electron chi connectivity index (χ1n) is 8.12. The molecule has 2 aromatic rings. The lowest BCUT2D eigenvalue weighted by Gasteiger charge is -2.37. The number of aryl methyl sites for hydroxylation is 1. The van der Waals surface area contributed by atoms with E-state index in [2.05, 4.69) is 0 Å². The maximum Gasteiger partial charge on any atom is 0.244 e. The van der Waals surface area contributed by atoms with Gasteiger partial charge in [0.1, 0.15) is 6.07 Å². The molecule has 25 heavy (non-hydrogen) atoms. The lowest BCUT2D eigenvalue weighted by Crippen LogP contribution is -2.48. The van der Waals surface area contributed by atoms with E-state index in [1.54, 1.807) is 12.1 Å². The van der Waals surface area contributed by atoms with E-state index in [-0.39, 0.29) is 29.1 Å². The van der Waals surface area contributed by atoms with Crippen molar-refractivity contribution in [1.82, 2.24) is 4.31 Å². The molecule has 0 amide bonds. The minimum atomic E-state index is -3.77. The molecule has 1 aliphatic heterocycles. The lowest BCUT2D eigenvalue weighted by atomic mass is 10.1. The van der Waals surface area contributed by atoms with E-state index in [0.29, 0.717) is 6.61 Å². The summed E-state index contributed by atoms with van der Waals surface area (Å²) in [6.45, 7) is 4.36. The van der Waals surface area contributed by atoms with Crippen molar-refractivity contribution in [2.45, 2.75) is 30.9 Å². The average Bonchev–Trinajstić information content (AvgIpc) is 2.62. The van der Waals surface area contributed by atoms with E-state index in [0.717, 1.165) is 11.1 Å². The van der Waals surface area contributed by atoms with Crippen LogP contribution in [-0.2, 0) is 14.8 Å². The Bertz CT molecular complexity index is 901. The van der Waals surface area contributed by atoms with Crippen LogP contribution in [0.4, 0.5) is 0 Å². The average molecular weight is 356 g/mol. The summed E-state index contributed by atoms with van der Waals surface area (Å²) in [5, 5.41) is 9.24. The molecule has 2 atom stereocenters. The number of nitriles is 1. The molecular weight excluding hydrogens is 336 g/mol. The van der Waals surface area contributed by atoms with Gasteiger partial charge in [-0.3, -0.25) is 0 Å². The maximum atomic E-state index is 13.1. The second-order valence-electron chi connectivity index (χ2n) is 6.26. The molecule has 0 aromatic heterocycles. The van der Waals surface area contributed by atoms with Gasteiger partial charge in [-0.15, -0.1) is 0 Å². The molecule has 1 heterocycles. The van der Waals surface area contributed by atoms with Crippen molar-refractivity contribution in [3.05, 3.63) is 65.2 Å². The van der Waals surface area contributed by atoms with Crippen LogP contribution in [0.25, 0.3) is 0 Å². The molecule has 0 bridgehead atoms. The summed E-state index contributed by atoms with van der Waals surface area (Å²) in [6, 6.07) is 15.9. The zero-order valence-corrected chi connectivity index (χ0v) is 15.0. The Balaban J connectivity index is 1.94. The van der Waals surface area contributed by atoms with E-state index in [1.165, 1.54) is 16.4 Å². The second kappa shape index (κ2) is 6.96. The number of nitrogens with zero attached hydrogens (tertiary/aromatic N) is 2. The summed E-state index contributed by atoms with van der Waals surface area (Å²) in [5.41, 5.74) is 2.25. The van der Waals surface area contributed by atoms with Crippen molar-refractivity contribution in [1.29, 1.82) is 5.26 Å². The molecule has 0 radical (unpaired) electrons. The van der Waals surface area contributed by atoms with Crippen LogP contribution in [-0.4, -0.2) is 31.9 Å². The predicted molar refractivity (Wildman–Crippen MR) is 94.4 cm³/mol. The minimum Gasteiger partial charge on any atom is -0.370 e. The predicted octanol–water partition coefficient (Wildman–Crippen LogP) is 3.02. The number of hydrogen-bond acceptors (Lipinski definition) is 4. The zero-order chi connectivity index (χ0) is 18.0. The largest absolute Gasteiger partial charge is 0.370 e. The molecule has 0 spiro atoms. The van der Waals surface area contributed by atoms with Crippen molar-refractivity contribution in [2.75, 3.05) is 13.2 Å². The van der Waals surface area contributed by atoms with E-state index in [9.17, 15) is 13.7 Å². The zero-order valence-electron chi connectivity index (χ0n) is 14.2. The third kappa shape index (κ3) is 3.45. The summed E-state index contributed by atoms with van der Waals surface area (Å²) < 4.78 is 33.6. The summed E-state index contributed by atoms with van der Waals surface area (Å²) in [4.78, 5) is 0.0499. The highest BCUT2D eigenvalue weighted by atomic mass is 32.2. The molecule has 0 N–H and O–H groups in total. The highest BCUT2D eigenvalue weighted by molar-refractivity contribution is 7.89. The van der Waals surface area contributed by atoms with Gasteiger partial charge in [-0.2, -0.15) is 9.57 Å². The molecule has 1 saturated heterocycles.